The van der Waals surface area contributed by atoms with Gasteiger partial charge in [0.05, 0.1) is 6.54 Å². The quantitative estimate of drug-likeness (QED) is 0.867. The van der Waals surface area contributed by atoms with Crippen LogP contribution in [-0.4, -0.2) is 20.8 Å². The van der Waals surface area contributed by atoms with E-state index in [4.69, 9.17) is 5.73 Å². The van der Waals surface area contributed by atoms with Crippen LogP contribution >= 0.6 is 0 Å². The first kappa shape index (κ1) is 11.4. The molecule has 3 rings (SSSR count). The fourth-order valence-corrected chi connectivity index (χ4v) is 2.35. The van der Waals surface area contributed by atoms with E-state index in [1.165, 1.54) is 11.1 Å². The third-order valence-electron chi connectivity index (χ3n) is 3.42. The molecule has 1 aromatic carbocycles. The maximum Gasteiger partial charge on any atom is 0.155 e. The molecule has 0 amide bonds. The maximum absolute atomic E-state index is 5.94. The van der Waals surface area contributed by atoms with E-state index in [1.54, 1.807) is 0 Å². The average molecular weight is 242 g/mol. The van der Waals surface area contributed by atoms with E-state index in [2.05, 4.69) is 41.3 Å². The molecule has 1 unspecified atom stereocenters. The molecule has 18 heavy (non-hydrogen) atoms. The van der Waals surface area contributed by atoms with Crippen molar-refractivity contribution in [3.05, 3.63) is 47.0 Å². The standard InChI is InChI=1S/C14H18N4/c1-10-2-4-11(5-3-10)8-13-16-14-7-6-12(15)9-18(14)17-13/h2-5,12H,6-9,15H2,1H3. The lowest BCUT2D eigenvalue weighted by molar-refractivity contribution is 0.421. The lowest BCUT2D eigenvalue weighted by Gasteiger charge is -2.17. The van der Waals surface area contributed by atoms with E-state index >= 15 is 0 Å². The Kier molecular flexibility index (Phi) is 2.88. The highest BCUT2D eigenvalue weighted by atomic mass is 15.4. The average Bonchev–Trinajstić information content (AvgIpc) is 2.73. The number of nitrogens with zero attached hydrogens (tertiary/aromatic N) is 3. The summed E-state index contributed by atoms with van der Waals surface area (Å²) >= 11 is 0. The van der Waals surface area contributed by atoms with Crippen molar-refractivity contribution in [1.29, 1.82) is 0 Å². The molecule has 2 heterocycles. The van der Waals surface area contributed by atoms with Crippen LogP contribution in [0.25, 0.3) is 0 Å². The van der Waals surface area contributed by atoms with Gasteiger partial charge in [0.25, 0.3) is 0 Å². The molecule has 1 atom stereocenters. The predicted octanol–water partition coefficient (Wildman–Crippen LogP) is 1.45. The summed E-state index contributed by atoms with van der Waals surface area (Å²) in [6, 6.07) is 8.76. The first-order valence-electron chi connectivity index (χ1n) is 6.44. The Labute approximate surface area is 107 Å². The van der Waals surface area contributed by atoms with Crippen LogP contribution in [0.5, 0.6) is 0 Å². The highest BCUT2D eigenvalue weighted by Crippen LogP contribution is 2.14. The van der Waals surface area contributed by atoms with Crippen LogP contribution in [0.3, 0.4) is 0 Å². The summed E-state index contributed by atoms with van der Waals surface area (Å²) in [4.78, 5) is 4.60. The molecule has 0 saturated heterocycles. The summed E-state index contributed by atoms with van der Waals surface area (Å²) in [5.74, 6) is 1.99. The SMILES string of the molecule is Cc1ccc(Cc2nc3n(n2)CC(N)CC3)cc1. The van der Waals surface area contributed by atoms with Gasteiger partial charge in [-0.15, -0.1) is 0 Å². The first-order chi connectivity index (χ1) is 8.70. The van der Waals surface area contributed by atoms with Gasteiger partial charge in [0.1, 0.15) is 5.82 Å². The van der Waals surface area contributed by atoms with Gasteiger partial charge in [0.2, 0.25) is 0 Å². The van der Waals surface area contributed by atoms with Crippen LogP contribution in [0.1, 0.15) is 29.2 Å². The van der Waals surface area contributed by atoms with Gasteiger partial charge in [0, 0.05) is 18.9 Å². The number of rotatable bonds is 2. The van der Waals surface area contributed by atoms with E-state index in [0.717, 1.165) is 37.5 Å². The summed E-state index contributed by atoms with van der Waals surface area (Å²) in [5, 5.41) is 4.54. The maximum atomic E-state index is 5.94. The lowest BCUT2D eigenvalue weighted by Crippen LogP contribution is -2.32. The molecule has 0 bridgehead atoms. The molecule has 2 aromatic rings. The topological polar surface area (TPSA) is 56.7 Å². The Balaban J connectivity index is 1.79. The fraction of sp³-hybridized carbons (Fsp3) is 0.429. The van der Waals surface area contributed by atoms with Crippen molar-refractivity contribution < 1.29 is 0 Å². The molecule has 1 aliphatic rings. The van der Waals surface area contributed by atoms with Gasteiger partial charge in [-0.25, -0.2) is 9.67 Å². The minimum absolute atomic E-state index is 0.228. The molecule has 4 heteroatoms. The Bertz CT molecular complexity index is 541. The van der Waals surface area contributed by atoms with Crippen molar-refractivity contribution >= 4 is 0 Å². The van der Waals surface area contributed by atoms with E-state index < -0.39 is 0 Å². The molecule has 0 saturated carbocycles. The van der Waals surface area contributed by atoms with Gasteiger partial charge in [-0.2, -0.15) is 5.10 Å². The van der Waals surface area contributed by atoms with Crippen molar-refractivity contribution in [2.24, 2.45) is 5.73 Å². The first-order valence-corrected chi connectivity index (χ1v) is 6.44. The monoisotopic (exact) mass is 242 g/mol. The number of aryl methyl sites for hydroxylation is 2. The molecule has 2 N–H and O–H groups in total. The number of fused-ring (bicyclic) bond motifs is 1. The van der Waals surface area contributed by atoms with Gasteiger partial charge in [-0.1, -0.05) is 29.8 Å². The summed E-state index contributed by atoms with van der Waals surface area (Å²) in [5.41, 5.74) is 8.48. The van der Waals surface area contributed by atoms with Gasteiger partial charge < -0.3 is 5.73 Å². The highest BCUT2D eigenvalue weighted by molar-refractivity contribution is 5.23. The molecule has 94 valence electrons. The summed E-state index contributed by atoms with van der Waals surface area (Å²) < 4.78 is 1.97. The lowest BCUT2D eigenvalue weighted by atomic mass is 10.1. The Hall–Kier alpha value is -1.68. The van der Waals surface area contributed by atoms with Crippen LogP contribution in [0.4, 0.5) is 0 Å². The van der Waals surface area contributed by atoms with Crippen LogP contribution in [-0.2, 0) is 19.4 Å². The van der Waals surface area contributed by atoms with Crippen LogP contribution in [0, 0.1) is 6.92 Å². The van der Waals surface area contributed by atoms with E-state index in [1.807, 2.05) is 4.68 Å². The zero-order valence-electron chi connectivity index (χ0n) is 10.6. The molecule has 0 radical (unpaired) electrons. The third kappa shape index (κ3) is 2.29. The second-order valence-corrected chi connectivity index (χ2v) is 5.09. The minimum atomic E-state index is 0.228. The second kappa shape index (κ2) is 4.53. The zero-order chi connectivity index (χ0) is 12.5. The van der Waals surface area contributed by atoms with Gasteiger partial charge in [0.15, 0.2) is 5.82 Å². The molecule has 0 spiro atoms. The second-order valence-electron chi connectivity index (χ2n) is 5.09. The van der Waals surface area contributed by atoms with Crippen LogP contribution < -0.4 is 5.73 Å². The smallest absolute Gasteiger partial charge is 0.155 e. The van der Waals surface area contributed by atoms with E-state index in [9.17, 15) is 0 Å². The molecule has 4 nitrogen and oxygen atoms in total. The highest BCUT2D eigenvalue weighted by Gasteiger charge is 2.18. The summed E-state index contributed by atoms with van der Waals surface area (Å²) in [6.07, 6.45) is 2.76. The molecule has 0 aliphatic carbocycles. The fourth-order valence-electron chi connectivity index (χ4n) is 2.35. The zero-order valence-corrected chi connectivity index (χ0v) is 10.6. The molecular formula is C14H18N4. The summed E-state index contributed by atoms with van der Waals surface area (Å²) in [6.45, 7) is 2.90. The number of aromatic nitrogens is 3. The van der Waals surface area contributed by atoms with E-state index in [0.29, 0.717) is 0 Å². The number of hydrogen-bond acceptors (Lipinski definition) is 3. The van der Waals surface area contributed by atoms with Gasteiger partial charge >= 0.3 is 0 Å². The van der Waals surface area contributed by atoms with Crippen molar-refractivity contribution in [3.63, 3.8) is 0 Å². The summed E-state index contributed by atoms with van der Waals surface area (Å²) in [7, 11) is 0. The predicted molar refractivity (Wildman–Crippen MR) is 70.3 cm³/mol. The number of nitrogens with two attached hydrogens (primary N) is 1. The van der Waals surface area contributed by atoms with Crippen molar-refractivity contribution in [1.82, 2.24) is 14.8 Å². The molecule has 1 aliphatic heterocycles. The Morgan fingerprint density at radius 2 is 2.11 bits per heavy atom. The van der Waals surface area contributed by atoms with E-state index in [-0.39, 0.29) is 6.04 Å². The van der Waals surface area contributed by atoms with Crippen LogP contribution in [0.2, 0.25) is 0 Å². The van der Waals surface area contributed by atoms with Crippen LogP contribution in [0.15, 0.2) is 24.3 Å². The normalized spacial score (nSPS) is 18.7. The van der Waals surface area contributed by atoms with Crippen molar-refractivity contribution in [3.8, 4) is 0 Å². The Morgan fingerprint density at radius 3 is 2.89 bits per heavy atom. The minimum Gasteiger partial charge on any atom is -0.326 e. The molecular weight excluding hydrogens is 224 g/mol. The van der Waals surface area contributed by atoms with Gasteiger partial charge in [-0.05, 0) is 18.9 Å². The van der Waals surface area contributed by atoms with Crippen molar-refractivity contribution in [2.45, 2.75) is 38.8 Å². The third-order valence-corrected chi connectivity index (χ3v) is 3.42. The van der Waals surface area contributed by atoms with Crippen molar-refractivity contribution in [2.75, 3.05) is 0 Å². The molecule has 1 aromatic heterocycles. The number of benzene rings is 1. The Morgan fingerprint density at radius 1 is 1.33 bits per heavy atom. The largest absolute Gasteiger partial charge is 0.326 e. The number of hydrogen-bond donors (Lipinski definition) is 1. The molecule has 0 fully saturated rings. The van der Waals surface area contributed by atoms with Gasteiger partial charge in [-0.3, -0.25) is 0 Å².